The maximum absolute atomic E-state index is 12.2. The van der Waals surface area contributed by atoms with Gasteiger partial charge >= 0.3 is 6.09 Å². The molecule has 0 aromatic rings. The highest BCUT2D eigenvalue weighted by Crippen LogP contribution is 2.17. The fraction of sp³-hybridized carbons (Fsp3) is 0.714. The van der Waals surface area contributed by atoms with Crippen molar-refractivity contribution in [2.24, 2.45) is 11.1 Å². The van der Waals surface area contributed by atoms with Crippen LogP contribution >= 0.6 is 0 Å². The van der Waals surface area contributed by atoms with Crippen LogP contribution in [0.15, 0.2) is 5.16 Å². The van der Waals surface area contributed by atoms with Crippen LogP contribution in [0.1, 0.15) is 33.6 Å². The summed E-state index contributed by atoms with van der Waals surface area (Å²) in [5, 5.41) is 3.90. The summed E-state index contributed by atoms with van der Waals surface area (Å²) in [6, 6.07) is 0. The average molecular weight is 298 g/mol. The molecule has 21 heavy (non-hydrogen) atoms. The summed E-state index contributed by atoms with van der Waals surface area (Å²) in [6.45, 7) is 5.69. The molecule has 0 atom stereocenters. The topological polar surface area (TPSA) is 85.3 Å². The Morgan fingerprint density at radius 3 is 2.29 bits per heavy atom. The lowest BCUT2D eigenvalue weighted by Crippen LogP contribution is -2.52. The van der Waals surface area contributed by atoms with Gasteiger partial charge in [0.25, 0.3) is 0 Å². The number of carbonyl (C=O) groups excluding carboxylic acids is 3. The van der Waals surface area contributed by atoms with E-state index in [4.69, 9.17) is 9.57 Å². The van der Waals surface area contributed by atoms with Crippen LogP contribution in [0.5, 0.6) is 0 Å². The van der Waals surface area contributed by atoms with E-state index >= 15 is 0 Å². The van der Waals surface area contributed by atoms with Crippen LogP contribution in [-0.4, -0.2) is 54.6 Å². The number of nitrogens with zero attached hydrogens (tertiary/aromatic N) is 2. The van der Waals surface area contributed by atoms with E-state index in [0.717, 1.165) is 11.3 Å². The molecule has 1 aliphatic rings. The molecule has 118 valence electrons. The standard InChI is InChI=1S/C14H22N2O5/c1-4-7-10(15-21-6-3)13-11(17)8-16(9-12(13)18)14(19)20-5-2/h13H,4-9H2,1-3H3. The van der Waals surface area contributed by atoms with Crippen molar-refractivity contribution in [1.29, 1.82) is 0 Å². The van der Waals surface area contributed by atoms with Crippen LogP contribution in [0, 0.1) is 5.92 Å². The molecule has 0 N–H and O–H groups in total. The van der Waals surface area contributed by atoms with Gasteiger partial charge in [0, 0.05) is 0 Å². The van der Waals surface area contributed by atoms with Crippen LogP contribution in [0.2, 0.25) is 0 Å². The van der Waals surface area contributed by atoms with Crippen molar-refractivity contribution in [2.75, 3.05) is 26.3 Å². The van der Waals surface area contributed by atoms with Gasteiger partial charge in [0.2, 0.25) is 0 Å². The maximum Gasteiger partial charge on any atom is 0.410 e. The molecule has 1 saturated heterocycles. The zero-order valence-electron chi connectivity index (χ0n) is 12.8. The van der Waals surface area contributed by atoms with E-state index in [1.807, 2.05) is 6.92 Å². The summed E-state index contributed by atoms with van der Waals surface area (Å²) in [7, 11) is 0. The molecule has 1 amide bonds. The second-order valence-corrected chi connectivity index (χ2v) is 4.67. The number of Topliss-reactive ketones (excluding diaryl/α,β-unsaturated/α-hetero) is 2. The van der Waals surface area contributed by atoms with E-state index in [1.54, 1.807) is 13.8 Å². The van der Waals surface area contributed by atoms with Crippen LogP contribution in [0.4, 0.5) is 4.79 Å². The second-order valence-electron chi connectivity index (χ2n) is 4.67. The lowest BCUT2D eigenvalue weighted by atomic mass is 9.87. The quantitative estimate of drug-likeness (QED) is 0.420. The van der Waals surface area contributed by atoms with Gasteiger partial charge in [0.15, 0.2) is 11.6 Å². The molecule has 0 aromatic heterocycles. The number of hydrogen-bond donors (Lipinski definition) is 0. The molecule has 0 aromatic carbocycles. The Balaban J connectivity index is 2.84. The SMILES string of the molecule is CCCC(=NOCC)C1C(=O)CN(C(=O)OCC)CC1=O. The molecule has 0 saturated carbocycles. The molecule has 1 heterocycles. The minimum atomic E-state index is -0.901. The fourth-order valence-electron chi connectivity index (χ4n) is 2.16. The Hall–Kier alpha value is -1.92. The van der Waals surface area contributed by atoms with Gasteiger partial charge in [-0.1, -0.05) is 18.5 Å². The van der Waals surface area contributed by atoms with E-state index in [1.165, 1.54) is 0 Å². The molecule has 0 radical (unpaired) electrons. The van der Waals surface area contributed by atoms with E-state index in [0.29, 0.717) is 18.7 Å². The van der Waals surface area contributed by atoms with Gasteiger partial charge in [0.1, 0.15) is 12.5 Å². The molecule has 0 aliphatic carbocycles. The van der Waals surface area contributed by atoms with Gasteiger partial charge < -0.3 is 9.57 Å². The van der Waals surface area contributed by atoms with Crippen molar-refractivity contribution in [2.45, 2.75) is 33.6 Å². The third-order valence-corrected chi connectivity index (χ3v) is 3.01. The van der Waals surface area contributed by atoms with Gasteiger partial charge in [-0.25, -0.2) is 4.79 Å². The van der Waals surface area contributed by atoms with Gasteiger partial charge in [-0.05, 0) is 20.3 Å². The average Bonchev–Trinajstić information content (AvgIpc) is 2.44. The van der Waals surface area contributed by atoms with Crippen LogP contribution < -0.4 is 0 Å². The molecule has 0 bridgehead atoms. The number of oxime groups is 1. The number of piperidine rings is 1. The molecular weight excluding hydrogens is 276 g/mol. The smallest absolute Gasteiger partial charge is 0.410 e. The summed E-state index contributed by atoms with van der Waals surface area (Å²) in [5.41, 5.74) is 0.442. The Morgan fingerprint density at radius 1 is 1.19 bits per heavy atom. The Labute approximate surface area is 124 Å². The maximum atomic E-state index is 12.2. The van der Waals surface area contributed by atoms with E-state index in [-0.39, 0.29) is 31.3 Å². The number of rotatable bonds is 6. The third kappa shape index (κ3) is 4.54. The van der Waals surface area contributed by atoms with Crippen molar-refractivity contribution in [3.63, 3.8) is 0 Å². The number of ether oxygens (including phenoxy) is 1. The molecule has 7 heteroatoms. The number of ketones is 2. The Morgan fingerprint density at radius 2 is 1.81 bits per heavy atom. The van der Waals surface area contributed by atoms with E-state index in [2.05, 4.69) is 5.16 Å². The number of amides is 1. The van der Waals surface area contributed by atoms with Crippen molar-refractivity contribution < 1.29 is 24.0 Å². The van der Waals surface area contributed by atoms with Gasteiger partial charge in [-0.15, -0.1) is 0 Å². The predicted molar refractivity (Wildman–Crippen MR) is 76.1 cm³/mol. The first-order chi connectivity index (χ1) is 10.0. The van der Waals surface area contributed by atoms with Crippen LogP contribution in [0.25, 0.3) is 0 Å². The summed E-state index contributed by atoms with van der Waals surface area (Å²) in [5.74, 6) is -1.58. The summed E-state index contributed by atoms with van der Waals surface area (Å²) >= 11 is 0. The summed E-state index contributed by atoms with van der Waals surface area (Å²) in [4.78, 5) is 42.1. The lowest BCUT2D eigenvalue weighted by Gasteiger charge is -2.29. The van der Waals surface area contributed by atoms with Crippen LogP contribution in [-0.2, 0) is 19.2 Å². The minimum absolute atomic E-state index is 0.135. The molecule has 0 unspecified atom stereocenters. The highest BCUT2D eigenvalue weighted by atomic mass is 16.6. The second kappa shape index (κ2) is 8.39. The first-order valence-corrected chi connectivity index (χ1v) is 7.20. The molecule has 1 aliphatic heterocycles. The Bertz CT molecular complexity index is 415. The van der Waals surface area contributed by atoms with E-state index in [9.17, 15) is 14.4 Å². The van der Waals surface area contributed by atoms with E-state index < -0.39 is 12.0 Å². The minimum Gasteiger partial charge on any atom is -0.450 e. The fourth-order valence-corrected chi connectivity index (χ4v) is 2.16. The van der Waals surface area contributed by atoms with Gasteiger partial charge in [0.05, 0.1) is 25.4 Å². The molecule has 7 nitrogen and oxygen atoms in total. The molecule has 0 spiro atoms. The monoisotopic (exact) mass is 298 g/mol. The highest BCUT2D eigenvalue weighted by molar-refractivity contribution is 6.23. The molecule has 1 fully saturated rings. The van der Waals surface area contributed by atoms with Crippen molar-refractivity contribution in [1.82, 2.24) is 4.90 Å². The summed E-state index contributed by atoms with van der Waals surface area (Å²) < 4.78 is 4.81. The predicted octanol–water partition coefficient (Wildman–Crippen LogP) is 1.41. The lowest BCUT2D eigenvalue weighted by molar-refractivity contribution is -0.135. The first kappa shape index (κ1) is 17.1. The third-order valence-electron chi connectivity index (χ3n) is 3.01. The van der Waals surface area contributed by atoms with Crippen molar-refractivity contribution in [3.05, 3.63) is 0 Å². The van der Waals surface area contributed by atoms with Gasteiger partial charge in [-0.3, -0.25) is 14.5 Å². The molecular formula is C14H22N2O5. The number of hydrogen-bond acceptors (Lipinski definition) is 6. The van der Waals surface area contributed by atoms with Crippen LogP contribution in [0.3, 0.4) is 0 Å². The highest BCUT2D eigenvalue weighted by Gasteiger charge is 2.39. The van der Waals surface area contributed by atoms with Crippen molar-refractivity contribution in [3.8, 4) is 0 Å². The Kier molecular flexibility index (Phi) is 6.84. The zero-order chi connectivity index (χ0) is 15.8. The number of carbonyl (C=O) groups is 3. The normalized spacial score (nSPS) is 17.1. The zero-order valence-corrected chi connectivity index (χ0v) is 12.8. The molecule has 1 rings (SSSR count). The van der Waals surface area contributed by atoms with Crippen molar-refractivity contribution >= 4 is 23.4 Å². The summed E-state index contributed by atoms with van der Waals surface area (Å²) in [6.07, 6.45) is 0.628. The largest absolute Gasteiger partial charge is 0.450 e. The first-order valence-electron chi connectivity index (χ1n) is 7.20. The van der Waals surface area contributed by atoms with Gasteiger partial charge in [-0.2, -0.15) is 0 Å². The number of likely N-dealkylation sites (tertiary alicyclic amines) is 1.